The van der Waals surface area contributed by atoms with Crippen molar-refractivity contribution in [3.63, 3.8) is 0 Å². The first-order chi connectivity index (χ1) is 19.8. The van der Waals surface area contributed by atoms with E-state index in [1.165, 1.54) is 7.11 Å². The number of hydrogen-bond donors (Lipinski definition) is 2. The molecule has 5 rings (SSSR count). The van der Waals surface area contributed by atoms with Crippen LogP contribution in [0, 0.1) is 20.8 Å². The second-order valence-electron chi connectivity index (χ2n) is 10.1. The van der Waals surface area contributed by atoms with Gasteiger partial charge in [0.1, 0.15) is 0 Å². The van der Waals surface area contributed by atoms with Gasteiger partial charge in [0.2, 0.25) is 5.91 Å². The lowest BCUT2D eigenvalue weighted by molar-refractivity contribution is -0.116. The van der Waals surface area contributed by atoms with E-state index in [-0.39, 0.29) is 24.4 Å². The number of esters is 1. The number of carbonyl (C=O) groups is 2. The number of aromatic nitrogens is 2. The molecule has 2 N–H and O–H groups in total. The first-order valence-corrected chi connectivity index (χ1v) is 13.9. The zero-order valence-electron chi connectivity index (χ0n) is 23.5. The second-order valence-corrected chi connectivity index (χ2v) is 10.5. The first-order valence-electron chi connectivity index (χ1n) is 13.5. The molecular weight excluding hydrogens is 534 g/mol. The number of ether oxygens (including phenoxy) is 1. The molecule has 0 aliphatic carbocycles. The molecule has 3 heterocycles. The van der Waals surface area contributed by atoms with E-state index in [4.69, 9.17) is 17.0 Å². The molecule has 41 heavy (non-hydrogen) atoms. The summed E-state index contributed by atoms with van der Waals surface area (Å²) in [6, 6.07) is 22.6. The van der Waals surface area contributed by atoms with Gasteiger partial charge in [-0.3, -0.25) is 9.78 Å². The molecule has 1 saturated heterocycles. The average Bonchev–Trinajstić information content (AvgIpc) is 3.47. The fourth-order valence-electron chi connectivity index (χ4n) is 5.54. The summed E-state index contributed by atoms with van der Waals surface area (Å²) in [6.45, 7) is 6.44. The zero-order valence-corrected chi connectivity index (χ0v) is 24.4. The minimum atomic E-state index is -0.397. The molecule has 8 nitrogen and oxygen atoms in total. The first kappa shape index (κ1) is 28.0. The number of thiocarbonyl (C=S) groups is 1. The zero-order chi connectivity index (χ0) is 29.1. The summed E-state index contributed by atoms with van der Waals surface area (Å²) in [6.07, 6.45) is 2.02. The van der Waals surface area contributed by atoms with E-state index < -0.39 is 5.97 Å². The minimum Gasteiger partial charge on any atom is -0.465 e. The molecule has 0 saturated carbocycles. The van der Waals surface area contributed by atoms with Crippen molar-refractivity contribution >= 4 is 34.9 Å². The van der Waals surface area contributed by atoms with E-state index in [9.17, 15) is 9.59 Å². The van der Waals surface area contributed by atoms with Crippen molar-refractivity contribution in [2.45, 2.75) is 39.3 Å². The molecule has 9 heteroatoms. The van der Waals surface area contributed by atoms with Gasteiger partial charge in [0.25, 0.3) is 0 Å². The van der Waals surface area contributed by atoms with E-state index in [0.29, 0.717) is 17.2 Å². The molecule has 210 valence electrons. The monoisotopic (exact) mass is 567 g/mol. The minimum absolute atomic E-state index is 0.0837. The molecule has 0 bridgehead atoms. The highest BCUT2D eigenvalue weighted by Crippen LogP contribution is 2.41. The van der Waals surface area contributed by atoms with Crippen molar-refractivity contribution in [1.82, 2.24) is 19.8 Å². The fourth-order valence-corrected chi connectivity index (χ4v) is 5.87. The van der Waals surface area contributed by atoms with Crippen LogP contribution in [-0.2, 0) is 9.53 Å². The molecule has 0 unspecified atom stereocenters. The van der Waals surface area contributed by atoms with Crippen molar-refractivity contribution < 1.29 is 14.3 Å². The topological polar surface area (TPSA) is 88.5 Å². The van der Waals surface area contributed by atoms with Gasteiger partial charge in [-0.2, -0.15) is 0 Å². The van der Waals surface area contributed by atoms with Gasteiger partial charge < -0.3 is 24.8 Å². The van der Waals surface area contributed by atoms with Crippen LogP contribution in [0.5, 0.6) is 0 Å². The van der Waals surface area contributed by atoms with Crippen molar-refractivity contribution in [1.29, 1.82) is 0 Å². The van der Waals surface area contributed by atoms with E-state index >= 15 is 0 Å². The normalized spacial score (nSPS) is 16.4. The number of benzene rings is 2. The third-order valence-corrected chi connectivity index (χ3v) is 7.89. The van der Waals surface area contributed by atoms with Crippen molar-refractivity contribution in [3.8, 4) is 5.69 Å². The van der Waals surface area contributed by atoms with E-state index in [2.05, 4.69) is 31.2 Å². The summed E-state index contributed by atoms with van der Waals surface area (Å²) in [7, 11) is 1.38. The third kappa shape index (κ3) is 5.58. The Kier molecular flexibility index (Phi) is 8.16. The molecule has 2 aromatic heterocycles. The van der Waals surface area contributed by atoms with Crippen LogP contribution in [0.25, 0.3) is 5.69 Å². The van der Waals surface area contributed by atoms with Gasteiger partial charge in [-0.05, 0) is 80.5 Å². The SMILES string of the molecule is COC(=O)c1ccccc1-n1c(C)cc([C@H]2[C@@H](c3ccccn3)NC(=S)N2CCC(=O)Nc2ccccc2C)c1C. The van der Waals surface area contributed by atoms with Crippen LogP contribution in [0.1, 0.15) is 57.1 Å². The molecule has 1 aliphatic rings. The molecule has 1 aliphatic heterocycles. The van der Waals surface area contributed by atoms with E-state index in [1.807, 2.05) is 81.4 Å². The summed E-state index contributed by atoms with van der Waals surface area (Å²) < 4.78 is 7.13. The lowest BCUT2D eigenvalue weighted by Gasteiger charge is -2.28. The summed E-state index contributed by atoms with van der Waals surface area (Å²) in [4.78, 5) is 32.3. The van der Waals surface area contributed by atoms with E-state index in [1.54, 1.807) is 12.3 Å². The van der Waals surface area contributed by atoms with Gasteiger partial charge in [-0.25, -0.2) is 4.79 Å². The predicted octanol–water partition coefficient (Wildman–Crippen LogP) is 5.59. The lowest BCUT2D eigenvalue weighted by Crippen LogP contribution is -2.33. The number of nitrogens with one attached hydrogen (secondary N) is 2. The van der Waals surface area contributed by atoms with Crippen LogP contribution in [0.15, 0.2) is 79.0 Å². The molecule has 4 aromatic rings. The maximum atomic E-state index is 13.0. The number of pyridine rings is 1. The summed E-state index contributed by atoms with van der Waals surface area (Å²) >= 11 is 5.83. The van der Waals surface area contributed by atoms with Crippen LogP contribution in [-0.4, -0.2) is 45.1 Å². The quantitative estimate of drug-likeness (QED) is 0.212. The Balaban J connectivity index is 1.51. The Bertz CT molecular complexity index is 1600. The lowest BCUT2D eigenvalue weighted by atomic mass is 9.96. The Labute approximate surface area is 245 Å². The van der Waals surface area contributed by atoms with Crippen LogP contribution in [0.3, 0.4) is 0 Å². The summed E-state index contributed by atoms with van der Waals surface area (Å²) in [5.41, 5.74) is 6.84. The number of hydrogen-bond acceptors (Lipinski definition) is 5. The van der Waals surface area contributed by atoms with Crippen LogP contribution in [0.4, 0.5) is 5.69 Å². The van der Waals surface area contributed by atoms with Gasteiger partial charge in [-0.15, -0.1) is 0 Å². The van der Waals surface area contributed by atoms with Gasteiger partial charge in [0.15, 0.2) is 5.11 Å². The number of carbonyl (C=O) groups excluding carboxylic acids is 2. The Morgan fingerprint density at radius 2 is 1.76 bits per heavy atom. The number of amides is 1. The maximum absolute atomic E-state index is 13.0. The Morgan fingerprint density at radius 1 is 1.02 bits per heavy atom. The second kappa shape index (κ2) is 11.9. The molecule has 0 spiro atoms. The molecule has 2 atom stereocenters. The Morgan fingerprint density at radius 3 is 2.49 bits per heavy atom. The number of anilines is 1. The molecule has 2 aromatic carbocycles. The number of rotatable bonds is 8. The smallest absolute Gasteiger partial charge is 0.339 e. The molecule has 0 radical (unpaired) electrons. The molecular formula is C32H33N5O3S. The number of nitrogens with zero attached hydrogens (tertiary/aromatic N) is 3. The number of aryl methyl sites for hydroxylation is 2. The molecule has 1 amide bonds. The summed E-state index contributed by atoms with van der Waals surface area (Å²) in [5.74, 6) is -0.481. The third-order valence-electron chi connectivity index (χ3n) is 7.54. The van der Waals surface area contributed by atoms with Crippen molar-refractivity contribution in [2.24, 2.45) is 0 Å². The number of methoxy groups -OCH3 is 1. The largest absolute Gasteiger partial charge is 0.465 e. The van der Waals surface area contributed by atoms with Crippen molar-refractivity contribution in [3.05, 3.63) is 113 Å². The van der Waals surface area contributed by atoms with Gasteiger partial charge in [-0.1, -0.05) is 36.4 Å². The van der Waals surface area contributed by atoms with Crippen LogP contribution >= 0.6 is 12.2 Å². The molecule has 1 fully saturated rings. The maximum Gasteiger partial charge on any atom is 0.339 e. The van der Waals surface area contributed by atoms with Crippen LogP contribution in [0.2, 0.25) is 0 Å². The fraction of sp³-hybridized carbons (Fsp3) is 0.250. The Hall–Kier alpha value is -4.50. The van der Waals surface area contributed by atoms with Gasteiger partial charge in [0.05, 0.1) is 36.1 Å². The van der Waals surface area contributed by atoms with Gasteiger partial charge in [0, 0.05) is 36.2 Å². The highest BCUT2D eigenvalue weighted by atomic mass is 32.1. The average molecular weight is 568 g/mol. The standard InChI is InChI=1S/C32H33N5O3S/c1-20-11-5-7-13-25(20)34-28(38)16-18-36-30(29(35-32(36)41)26-14-9-10-17-33-26)24-19-21(2)37(22(24)3)27-15-8-6-12-23(27)31(39)40-4/h5-15,17,19,29-30H,16,18H2,1-4H3,(H,34,38)(H,35,41)/t29-,30+/m1/s1. The number of para-hydroxylation sites is 2. The van der Waals surface area contributed by atoms with E-state index in [0.717, 1.165) is 39.6 Å². The van der Waals surface area contributed by atoms with Crippen LogP contribution < -0.4 is 10.6 Å². The van der Waals surface area contributed by atoms with Crippen molar-refractivity contribution in [2.75, 3.05) is 19.0 Å². The summed E-state index contributed by atoms with van der Waals surface area (Å²) in [5, 5.41) is 7.06. The van der Waals surface area contributed by atoms with Gasteiger partial charge >= 0.3 is 5.97 Å². The predicted molar refractivity (Wildman–Crippen MR) is 163 cm³/mol. The highest BCUT2D eigenvalue weighted by Gasteiger charge is 2.41. The highest BCUT2D eigenvalue weighted by molar-refractivity contribution is 7.80.